The number of ether oxygens (including phenoxy) is 2. The second-order valence-electron chi connectivity index (χ2n) is 6.18. The van der Waals surface area contributed by atoms with Gasteiger partial charge < -0.3 is 20.1 Å². The van der Waals surface area contributed by atoms with E-state index in [2.05, 4.69) is 10.6 Å². The molecule has 1 fully saturated rings. The molecule has 6 nitrogen and oxygen atoms in total. The average molecular weight is 393 g/mol. The van der Waals surface area contributed by atoms with E-state index in [0.717, 1.165) is 0 Å². The maximum Gasteiger partial charge on any atom is 0.240 e. The summed E-state index contributed by atoms with van der Waals surface area (Å²) in [4.78, 5) is 25.4. The number of carbonyl (C=O) groups excluding carboxylic acids is 2. The van der Waals surface area contributed by atoms with Crippen LogP contribution in [0.25, 0.3) is 0 Å². The molecule has 3 rings (SSSR count). The first-order valence-corrected chi connectivity index (χ1v) is 8.57. The number of halogens is 2. The summed E-state index contributed by atoms with van der Waals surface area (Å²) in [7, 11) is 2.90. The van der Waals surface area contributed by atoms with Gasteiger partial charge in [-0.25, -0.2) is 4.39 Å². The van der Waals surface area contributed by atoms with Gasteiger partial charge in [-0.1, -0.05) is 11.6 Å². The summed E-state index contributed by atoms with van der Waals surface area (Å²) >= 11 is 6.06. The Balaban J connectivity index is 1.77. The molecule has 0 aliphatic heterocycles. The van der Waals surface area contributed by atoms with Crippen molar-refractivity contribution in [3.8, 4) is 11.5 Å². The molecule has 0 atom stereocenters. The normalized spacial score (nSPS) is 14.2. The Labute approximate surface area is 160 Å². The molecule has 0 unspecified atom stereocenters. The predicted octanol–water partition coefficient (Wildman–Crippen LogP) is 3.85. The van der Waals surface area contributed by atoms with E-state index in [9.17, 15) is 14.0 Å². The molecule has 0 spiro atoms. The zero-order chi connectivity index (χ0) is 19.6. The maximum atomic E-state index is 13.0. The Morgan fingerprint density at radius 3 is 2.15 bits per heavy atom. The third-order valence-electron chi connectivity index (χ3n) is 4.44. The lowest BCUT2D eigenvalue weighted by atomic mass is 10.0. The number of amides is 2. The molecule has 1 saturated carbocycles. The number of benzene rings is 2. The van der Waals surface area contributed by atoms with Crippen LogP contribution >= 0.6 is 11.6 Å². The van der Waals surface area contributed by atoms with E-state index in [1.807, 2.05) is 0 Å². The van der Waals surface area contributed by atoms with Crippen molar-refractivity contribution in [3.63, 3.8) is 0 Å². The predicted molar refractivity (Wildman–Crippen MR) is 99.9 cm³/mol. The highest BCUT2D eigenvalue weighted by Gasteiger charge is 2.56. The Morgan fingerprint density at radius 2 is 1.59 bits per heavy atom. The summed E-state index contributed by atoms with van der Waals surface area (Å²) in [5.74, 6) is -0.579. The monoisotopic (exact) mass is 392 g/mol. The highest BCUT2D eigenvalue weighted by atomic mass is 35.5. The van der Waals surface area contributed by atoms with Crippen LogP contribution in [0.4, 0.5) is 15.8 Å². The second-order valence-corrected chi connectivity index (χ2v) is 6.59. The molecule has 0 bridgehead atoms. The lowest BCUT2D eigenvalue weighted by molar-refractivity contribution is -0.131. The van der Waals surface area contributed by atoms with E-state index >= 15 is 0 Å². The Bertz CT molecular complexity index is 882. The van der Waals surface area contributed by atoms with Crippen LogP contribution in [0, 0.1) is 11.2 Å². The van der Waals surface area contributed by atoms with E-state index in [0.29, 0.717) is 40.7 Å². The summed E-state index contributed by atoms with van der Waals surface area (Å²) in [6.45, 7) is 0. The van der Waals surface area contributed by atoms with Crippen molar-refractivity contribution in [1.29, 1.82) is 0 Å². The van der Waals surface area contributed by atoms with Gasteiger partial charge in [0.2, 0.25) is 11.8 Å². The first-order valence-electron chi connectivity index (χ1n) is 8.19. The minimum atomic E-state index is -1.17. The lowest BCUT2D eigenvalue weighted by Crippen LogP contribution is -2.35. The molecule has 2 N–H and O–H groups in total. The fourth-order valence-electron chi connectivity index (χ4n) is 2.67. The molecule has 2 amide bonds. The Hall–Kier alpha value is -2.80. The minimum Gasteiger partial charge on any atom is -0.495 e. The summed E-state index contributed by atoms with van der Waals surface area (Å²) in [5.41, 5.74) is -0.400. The van der Waals surface area contributed by atoms with Gasteiger partial charge in [0.1, 0.15) is 22.7 Å². The van der Waals surface area contributed by atoms with Crippen molar-refractivity contribution in [2.75, 3.05) is 24.9 Å². The highest BCUT2D eigenvalue weighted by molar-refractivity contribution is 6.32. The number of nitrogens with one attached hydrogen (secondary N) is 2. The van der Waals surface area contributed by atoms with Crippen molar-refractivity contribution in [1.82, 2.24) is 0 Å². The van der Waals surface area contributed by atoms with Crippen LogP contribution < -0.4 is 20.1 Å². The van der Waals surface area contributed by atoms with Crippen molar-refractivity contribution < 1.29 is 23.5 Å². The lowest BCUT2D eigenvalue weighted by Gasteiger charge is -2.18. The summed E-state index contributed by atoms with van der Waals surface area (Å²) < 4.78 is 23.4. The molecule has 0 saturated heterocycles. The van der Waals surface area contributed by atoms with Gasteiger partial charge in [-0.2, -0.15) is 0 Å². The largest absolute Gasteiger partial charge is 0.495 e. The molecule has 27 heavy (non-hydrogen) atoms. The van der Waals surface area contributed by atoms with Gasteiger partial charge in [-0.15, -0.1) is 0 Å². The summed E-state index contributed by atoms with van der Waals surface area (Å²) in [6.07, 6.45) is 0.831. The van der Waals surface area contributed by atoms with E-state index in [4.69, 9.17) is 21.1 Å². The minimum absolute atomic E-state index is 0.336. The molecule has 1 aliphatic rings. The van der Waals surface area contributed by atoms with Gasteiger partial charge in [-0.3, -0.25) is 9.59 Å². The van der Waals surface area contributed by atoms with E-state index in [-0.39, 0.29) is 0 Å². The summed E-state index contributed by atoms with van der Waals surface area (Å²) in [6, 6.07) is 8.41. The number of hydrogen-bond donors (Lipinski definition) is 2. The zero-order valence-electron chi connectivity index (χ0n) is 14.8. The van der Waals surface area contributed by atoms with E-state index in [1.165, 1.54) is 50.6 Å². The van der Waals surface area contributed by atoms with Crippen LogP contribution in [0.15, 0.2) is 36.4 Å². The van der Waals surface area contributed by atoms with Gasteiger partial charge in [-0.05, 0) is 37.1 Å². The van der Waals surface area contributed by atoms with Gasteiger partial charge in [0.15, 0.2) is 0 Å². The van der Waals surface area contributed by atoms with E-state index < -0.39 is 23.0 Å². The number of methoxy groups -OCH3 is 2. The van der Waals surface area contributed by atoms with Crippen molar-refractivity contribution in [3.05, 3.63) is 47.2 Å². The van der Waals surface area contributed by atoms with Crippen LogP contribution in [0.2, 0.25) is 5.02 Å². The number of anilines is 2. The van der Waals surface area contributed by atoms with Crippen molar-refractivity contribution >= 4 is 34.8 Å². The van der Waals surface area contributed by atoms with Crippen LogP contribution in [0.3, 0.4) is 0 Å². The molecular weight excluding hydrogens is 375 g/mol. The molecule has 2 aromatic carbocycles. The first-order chi connectivity index (χ1) is 12.9. The third-order valence-corrected chi connectivity index (χ3v) is 4.74. The number of hydrogen-bond acceptors (Lipinski definition) is 4. The molecule has 1 aliphatic carbocycles. The Kier molecular flexibility index (Phi) is 5.23. The van der Waals surface area contributed by atoms with Crippen LogP contribution in [0.1, 0.15) is 12.8 Å². The highest BCUT2D eigenvalue weighted by Crippen LogP contribution is 2.48. The third kappa shape index (κ3) is 3.83. The molecule has 142 valence electrons. The molecular formula is C19H18ClFN2O4. The molecule has 0 heterocycles. The summed E-state index contributed by atoms with van der Waals surface area (Å²) in [5, 5.41) is 5.71. The average Bonchev–Trinajstić information content (AvgIpc) is 3.46. The number of carbonyl (C=O) groups is 2. The van der Waals surface area contributed by atoms with Gasteiger partial charge in [0, 0.05) is 17.8 Å². The quantitative estimate of drug-likeness (QED) is 0.732. The molecule has 8 heteroatoms. The SMILES string of the molecule is COc1cc(NC(=O)C2(C(=O)Nc3ccc(F)cc3)CC2)c(OC)cc1Cl. The topological polar surface area (TPSA) is 76.7 Å². The molecule has 2 aromatic rings. The fraction of sp³-hybridized carbons (Fsp3) is 0.263. The van der Waals surface area contributed by atoms with Gasteiger partial charge in [0.05, 0.1) is 24.9 Å². The van der Waals surface area contributed by atoms with Gasteiger partial charge in [0.25, 0.3) is 0 Å². The fourth-order valence-corrected chi connectivity index (χ4v) is 2.90. The smallest absolute Gasteiger partial charge is 0.240 e. The first kappa shape index (κ1) is 19.0. The maximum absolute atomic E-state index is 13.0. The standard InChI is InChI=1S/C19H18ClFN2O4/c1-26-15-10-14(16(27-2)9-13(15)20)23-18(25)19(7-8-19)17(24)22-12-5-3-11(21)4-6-12/h3-6,9-10H,7-8H2,1-2H3,(H,22,24)(H,23,25). The van der Waals surface area contributed by atoms with Crippen LogP contribution in [0.5, 0.6) is 11.5 Å². The van der Waals surface area contributed by atoms with Crippen LogP contribution in [-0.2, 0) is 9.59 Å². The molecule has 0 radical (unpaired) electrons. The Morgan fingerprint density at radius 1 is 1.00 bits per heavy atom. The molecule has 0 aromatic heterocycles. The van der Waals surface area contributed by atoms with Crippen molar-refractivity contribution in [2.45, 2.75) is 12.8 Å². The second kappa shape index (κ2) is 7.44. The van der Waals surface area contributed by atoms with E-state index in [1.54, 1.807) is 0 Å². The van der Waals surface area contributed by atoms with Crippen molar-refractivity contribution in [2.24, 2.45) is 5.41 Å². The van der Waals surface area contributed by atoms with Crippen LogP contribution in [-0.4, -0.2) is 26.0 Å². The zero-order valence-corrected chi connectivity index (χ0v) is 15.5. The van der Waals surface area contributed by atoms with Gasteiger partial charge >= 0.3 is 0 Å². The number of rotatable bonds is 6.